The average Bonchev–Trinajstić information content (AvgIpc) is 2.54. The van der Waals surface area contributed by atoms with Crippen molar-refractivity contribution in [1.82, 2.24) is 5.32 Å². The van der Waals surface area contributed by atoms with E-state index in [1.54, 1.807) is 18.2 Å². The normalized spacial score (nSPS) is 11.4. The van der Waals surface area contributed by atoms with Gasteiger partial charge in [0.05, 0.1) is 20.8 Å². The van der Waals surface area contributed by atoms with Gasteiger partial charge in [-0.25, -0.2) is 9.59 Å². The molecule has 7 nitrogen and oxygen atoms in total. The van der Waals surface area contributed by atoms with Crippen LogP contribution in [0.2, 0.25) is 0 Å². The molecule has 0 saturated carbocycles. The number of ether oxygens (including phenoxy) is 3. The molecule has 0 spiro atoms. The maximum Gasteiger partial charge on any atom is 0.407 e. The zero-order valence-electron chi connectivity index (χ0n) is 13.6. The minimum Gasteiger partial charge on any atom is -0.493 e. The van der Waals surface area contributed by atoms with E-state index in [2.05, 4.69) is 5.32 Å². The van der Waals surface area contributed by atoms with Crippen molar-refractivity contribution in [2.45, 2.75) is 32.2 Å². The second kappa shape index (κ2) is 9.55. The minimum atomic E-state index is -1.13. The SMILES string of the molecule is CCCCOC(=O)NC(Cc1ccc(OC)c(OC)c1)C(=O)O. The molecule has 1 atom stereocenters. The number of hydrogen-bond donors (Lipinski definition) is 2. The van der Waals surface area contributed by atoms with Crippen LogP contribution in [0.4, 0.5) is 4.79 Å². The Labute approximate surface area is 135 Å². The van der Waals surface area contributed by atoms with E-state index in [0.29, 0.717) is 17.1 Å². The van der Waals surface area contributed by atoms with Crippen molar-refractivity contribution in [1.29, 1.82) is 0 Å². The monoisotopic (exact) mass is 325 g/mol. The van der Waals surface area contributed by atoms with E-state index < -0.39 is 18.1 Å². The maximum absolute atomic E-state index is 11.6. The fourth-order valence-electron chi connectivity index (χ4n) is 1.94. The molecule has 23 heavy (non-hydrogen) atoms. The summed E-state index contributed by atoms with van der Waals surface area (Å²) in [4.78, 5) is 22.9. The Balaban J connectivity index is 2.72. The van der Waals surface area contributed by atoms with Crippen LogP contribution in [0, 0.1) is 0 Å². The highest BCUT2D eigenvalue weighted by Crippen LogP contribution is 2.28. The largest absolute Gasteiger partial charge is 0.493 e. The molecule has 1 rings (SSSR count). The third kappa shape index (κ3) is 6.06. The van der Waals surface area contributed by atoms with Gasteiger partial charge in [0, 0.05) is 6.42 Å². The summed E-state index contributed by atoms with van der Waals surface area (Å²) in [6.45, 7) is 2.24. The smallest absolute Gasteiger partial charge is 0.407 e. The lowest BCUT2D eigenvalue weighted by Gasteiger charge is -2.16. The zero-order valence-corrected chi connectivity index (χ0v) is 13.6. The maximum atomic E-state index is 11.6. The molecule has 0 aliphatic rings. The molecule has 128 valence electrons. The Morgan fingerprint density at radius 2 is 1.91 bits per heavy atom. The summed E-state index contributed by atoms with van der Waals surface area (Å²) in [6.07, 6.45) is 1.01. The number of unbranched alkanes of at least 4 members (excludes halogenated alkanes) is 1. The van der Waals surface area contributed by atoms with Gasteiger partial charge in [-0.15, -0.1) is 0 Å². The molecule has 0 bridgehead atoms. The lowest BCUT2D eigenvalue weighted by molar-refractivity contribution is -0.139. The van der Waals surface area contributed by atoms with Crippen LogP contribution in [0.1, 0.15) is 25.3 Å². The van der Waals surface area contributed by atoms with Crippen molar-refractivity contribution in [3.8, 4) is 11.5 Å². The Morgan fingerprint density at radius 3 is 2.48 bits per heavy atom. The predicted molar refractivity (Wildman–Crippen MR) is 84.1 cm³/mol. The van der Waals surface area contributed by atoms with E-state index in [0.717, 1.165) is 12.8 Å². The Kier molecular flexibility index (Phi) is 7.73. The fraction of sp³-hybridized carbons (Fsp3) is 0.500. The van der Waals surface area contributed by atoms with Crippen LogP contribution >= 0.6 is 0 Å². The molecule has 0 aliphatic heterocycles. The number of carboxylic acids is 1. The van der Waals surface area contributed by atoms with Crippen LogP contribution in [0.3, 0.4) is 0 Å². The third-order valence-corrected chi connectivity index (χ3v) is 3.21. The molecule has 1 unspecified atom stereocenters. The number of alkyl carbamates (subject to hydrolysis) is 1. The molecule has 7 heteroatoms. The van der Waals surface area contributed by atoms with Gasteiger partial charge < -0.3 is 24.6 Å². The number of carbonyl (C=O) groups is 2. The molecule has 0 aromatic heterocycles. The van der Waals surface area contributed by atoms with Gasteiger partial charge in [0.2, 0.25) is 0 Å². The number of hydrogen-bond acceptors (Lipinski definition) is 5. The van der Waals surface area contributed by atoms with Gasteiger partial charge in [-0.3, -0.25) is 0 Å². The van der Waals surface area contributed by atoms with E-state index in [1.165, 1.54) is 14.2 Å². The second-order valence-electron chi connectivity index (χ2n) is 4.92. The van der Waals surface area contributed by atoms with Crippen LogP contribution in [-0.2, 0) is 16.0 Å². The van der Waals surface area contributed by atoms with Gasteiger partial charge >= 0.3 is 12.1 Å². The molecule has 0 fully saturated rings. The van der Waals surface area contributed by atoms with Crippen LogP contribution in [0.5, 0.6) is 11.5 Å². The van der Waals surface area contributed by atoms with E-state index >= 15 is 0 Å². The van der Waals surface area contributed by atoms with Gasteiger partial charge in [-0.1, -0.05) is 19.4 Å². The van der Waals surface area contributed by atoms with E-state index in [9.17, 15) is 14.7 Å². The first kappa shape index (κ1) is 18.6. The number of rotatable bonds is 9. The van der Waals surface area contributed by atoms with Crippen molar-refractivity contribution in [3.05, 3.63) is 23.8 Å². The van der Waals surface area contributed by atoms with Crippen LogP contribution in [0.15, 0.2) is 18.2 Å². The highest BCUT2D eigenvalue weighted by Gasteiger charge is 2.21. The van der Waals surface area contributed by atoms with Gasteiger partial charge in [0.25, 0.3) is 0 Å². The Hall–Kier alpha value is -2.44. The van der Waals surface area contributed by atoms with Crippen molar-refractivity contribution < 1.29 is 28.9 Å². The first-order valence-electron chi connectivity index (χ1n) is 7.38. The van der Waals surface area contributed by atoms with E-state index in [4.69, 9.17) is 14.2 Å². The molecular weight excluding hydrogens is 302 g/mol. The number of amides is 1. The van der Waals surface area contributed by atoms with Crippen molar-refractivity contribution in [3.63, 3.8) is 0 Å². The molecule has 1 amide bonds. The molecule has 0 aliphatic carbocycles. The highest BCUT2D eigenvalue weighted by molar-refractivity contribution is 5.80. The van der Waals surface area contributed by atoms with Gasteiger partial charge in [0.15, 0.2) is 11.5 Å². The number of carboxylic acid groups (broad SMARTS) is 1. The topological polar surface area (TPSA) is 94.1 Å². The average molecular weight is 325 g/mol. The zero-order chi connectivity index (χ0) is 17.2. The fourth-order valence-corrected chi connectivity index (χ4v) is 1.94. The van der Waals surface area contributed by atoms with Crippen LogP contribution in [0.25, 0.3) is 0 Å². The molecule has 0 heterocycles. The molecule has 1 aromatic carbocycles. The summed E-state index contributed by atoms with van der Waals surface area (Å²) in [5, 5.41) is 11.6. The summed E-state index contributed by atoms with van der Waals surface area (Å²) in [7, 11) is 3.02. The first-order valence-corrected chi connectivity index (χ1v) is 7.38. The molecule has 0 saturated heterocycles. The lowest BCUT2D eigenvalue weighted by atomic mass is 10.1. The van der Waals surface area contributed by atoms with Crippen molar-refractivity contribution in [2.75, 3.05) is 20.8 Å². The highest BCUT2D eigenvalue weighted by atomic mass is 16.5. The number of aliphatic carboxylic acids is 1. The molecular formula is C16H23NO6. The Morgan fingerprint density at radius 1 is 1.22 bits per heavy atom. The summed E-state index contributed by atoms with van der Waals surface area (Å²) < 4.78 is 15.2. The third-order valence-electron chi connectivity index (χ3n) is 3.21. The van der Waals surface area contributed by atoms with Crippen LogP contribution < -0.4 is 14.8 Å². The lowest BCUT2D eigenvalue weighted by Crippen LogP contribution is -2.42. The first-order chi connectivity index (χ1) is 11.0. The predicted octanol–water partition coefficient (Wildman–Crippen LogP) is 2.23. The van der Waals surface area contributed by atoms with Crippen molar-refractivity contribution in [2.24, 2.45) is 0 Å². The van der Waals surface area contributed by atoms with Crippen LogP contribution in [-0.4, -0.2) is 44.0 Å². The summed E-state index contributed by atoms with van der Waals surface area (Å²) >= 11 is 0. The minimum absolute atomic E-state index is 0.110. The number of carbonyl (C=O) groups excluding carboxylic acids is 1. The van der Waals surface area contributed by atoms with E-state index in [-0.39, 0.29) is 13.0 Å². The molecule has 0 radical (unpaired) electrons. The van der Waals surface area contributed by atoms with Gasteiger partial charge in [-0.2, -0.15) is 0 Å². The standard InChI is InChI=1S/C16H23NO6/c1-4-5-8-23-16(20)17-12(15(18)19)9-11-6-7-13(21-2)14(10-11)22-3/h6-7,10,12H,4-5,8-9H2,1-3H3,(H,17,20)(H,18,19). The number of benzene rings is 1. The quantitative estimate of drug-likeness (QED) is 0.676. The second-order valence-corrected chi connectivity index (χ2v) is 4.92. The summed E-state index contributed by atoms with van der Waals surface area (Å²) in [6, 6.07) is 4.01. The number of nitrogens with one attached hydrogen (secondary N) is 1. The van der Waals surface area contributed by atoms with E-state index in [1.807, 2.05) is 6.92 Å². The van der Waals surface area contributed by atoms with Gasteiger partial charge in [-0.05, 0) is 24.1 Å². The summed E-state index contributed by atoms with van der Waals surface area (Å²) in [5.74, 6) is -0.0815. The molecule has 2 N–H and O–H groups in total. The summed E-state index contributed by atoms with van der Waals surface area (Å²) in [5.41, 5.74) is 0.698. The molecule has 1 aromatic rings. The number of methoxy groups -OCH3 is 2. The Bertz CT molecular complexity index is 531. The van der Waals surface area contributed by atoms with Crippen molar-refractivity contribution >= 4 is 12.1 Å². The van der Waals surface area contributed by atoms with Gasteiger partial charge in [0.1, 0.15) is 6.04 Å².